The molecule has 0 fully saturated rings. The number of hydrogen-bond acceptors (Lipinski definition) is 6. The van der Waals surface area contributed by atoms with Crippen molar-refractivity contribution in [1.82, 2.24) is 4.98 Å². The van der Waals surface area contributed by atoms with E-state index in [0.717, 1.165) is 15.2 Å². The Bertz CT molecular complexity index is 1150. The summed E-state index contributed by atoms with van der Waals surface area (Å²) in [5, 5.41) is 0.598. The number of carbonyl (C=O) groups is 1. The van der Waals surface area contributed by atoms with Crippen LogP contribution in [0, 0.1) is 0 Å². The molecule has 3 aromatic carbocycles. The lowest BCUT2D eigenvalue weighted by atomic mass is 10.1. The van der Waals surface area contributed by atoms with Crippen LogP contribution in [0.5, 0.6) is 11.5 Å². The van der Waals surface area contributed by atoms with Gasteiger partial charge in [-0.3, -0.25) is 9.69 Å². The summed E-state index contributed by atoms with van der Waals surface area (Å²) < 4.78 is 11.9. The van der Waals surface area contributed by atoms with Crippen LogP contribution < -0.4 is 14.4 Å². The van der Waals surface area contributed by atoms with E-state index in [9.17, 15) is 4.79 Å². The summed E-state index contributed by atoms with van der Waals surface area (Å²) in [4.78, 5) is 21.2. The third kappa shape index (κ3) is 4.38. The van der Waals surface area contributed by atoms with Gasteiger partial charge in [0.2, 0.25) is 0 Å². The third-order valence-electron chi connectivity index (χ3n) is 4.90. The molecule has 4 aromatic rings. The Morgan fingerprint density at radius 2 is 1.65 bits per heavy atom. The number of hydrogen-bond donors (Lipinski definition) is 0. The zero-order valence-corrected chi connectivity index (χ0v) is 19.1. The first kappa shape index (κ1) is 21.2. The molecule has 0 unspecified atom stereocenters. The normalized spacial score (nSPS) is 10.8. The molecule has 0 spiro atoms. The standard InChI is InChI=1S/C24H22N2O3S2/c1-28-19-13-14-20(29-2)22-21(19)25-24(31-22)26(15-16-7-5-4-6-8-16)23(27)17-9-11-18(30-3)12-10-17/h4-14H,15H2,1-3H3. The third-order valence-corrected chi connectivity index (χ3v) is 6.73. The fraction of sp³-hybridized carbons (Fsp3) is 0.167. The summed E-state index contributed by atoms with van der Waals surface area (Å²) in [5.41, 5.74) is 2.33. The number of carbonyl (C=O) groups excluding carboxylic acids is 1. The predicted molar refractivity (Wildman–Crippen MR) is 128 cm³/mol. The number of methoxy groups -OCH3 is 2. The summed E-state index contributed by atoms with van der Waals surface area (Å²) in [6.45, 7) is 0.411. The second-order valence-electron chi connectivity index (χ2n) is 6.75. The highest BCUT2D eigenvalue weighted by molar-refractivity contribution is 7.98. The van der Waals surface area contributed by atoms with Crippen LogP contribution in [0.4, 0.5) is 5.13 Å². The smallest absolute Gasteiger partial charge is 0.260 e. The van der Waals surface area contributed by atoms with Gasteiger partial charge in [-0.25, -0.2) is 4.98 Å². The van der Waals surface area contributed by atoms with Crippen molar-refractivity contribution in [3.05, 3.63) is 77.9 Å². The first-order valence-corrected chi connectivity index (χ1v) is 11.7. The molecule has 4 rings (SSSR count). The van der Waals surface area contributed by atoms with E-state index >= 15 is 0 Å². The van der Waals surface area contributed by atoms with Crippen LogP contribution in [-0.4, -0.2) is 31.4 Å². The Kier molecular flexibility index (Phi) is 6.44. The fourth-order valence-corrected chi connectivity index (χ4v) is 4.75. The summed E-state index contributed by atoms with van der Waals surface area (Å²) in [6, 6.07) is 21.2. The second kappa shape index (κ2) is 9.41. The van der Waals surface area contributed by atoms with E-state index in [1.165, 1.54) is 11.3 Å². The molecular formula is C24H22N2O3S2. The summed E-state index contributed by atoms with van der Waals surface area (Å²) in [7, 11) is 3.24. The van der Waals surface area contributed by atoms with Gasteiger partial charge in [0.25, 0.3) is 5.91 Å². The molecule has 158 valence electrons. The number of ether oxygens (including phenoxy) is 2. The highest BCUT2D eigenvalue weighted by Gasteiger charge is 2.24. The van der Waals surface area contributed by atoms with Gasteiger partial charge in [-0.05, 0) is 48.2 Å². The van der Waals surface area contributed by atoms with Gasteiger partial charge in [-0.15, -0.1) is 11.8 Å². The van der Waals surface area contributed by atoms with Gasteiger partial charge < -0.3 is 9.47 Å². The Balaban J connectivity index is 1.81. The van der Waals surface area contributed by atoms with Crippen molar-refractivity contribution in [1.29, 1.82) is 0 Å². The molecule has 1 heterocycles. The maximum absolute atomic E-state index is 13.6. The minimum Gasteiger partial charge on any atom is -0.495 e. The Labute approximate surface area is 189 Å². The monoisotopic (exact) mass is 450 g/mol. The molecule has 0 aliphatic heterocycles. The van der Waals surface area contributed by atoms with Crippen molar-refractivity contribution < 1.29 is 14.3 Å². The van der Waals surface area contributed by atoms with Crippen molar-refractivity contribution in [3.63, 3.8) is 0 Å². The first-order chi connectivity index (χ1) is 15.1. The minimum absolute atomic E-state index is 0.103. The van der Waals surface area contributed by atoms with E-state index in [0.29, 0.717) is 34.3 Å². The average Bonchev–Trinajstić information content (AvgIpc) is 3.27. The number of nitrogens with zero attached hydrogens (tertiary/aromatic N) is 2. The highest BCUT2D eigenvalue weighted by atomic mass is 32.2. The molecule has 1 amide bonds. The molecule has 0 bridgehead atoms. The van der Waals surface area contributed by atoms with Crippen molar-refractivity contribution in [2.24, 2.45) is 0 Å². The second-order valence-corrected chi connectivity index (χ2v) is 8.61. The molecule has 0 atom stereocenters. The highest BCUT2D eigenvalue weighted by Crippen LogP contribution is 2.40. The summed E-state index contributed by atoms with van der Waals surface area (Å²) in [6.07, 6.45) is 2.01. The topological polar surface area (TPSA) is 51.7 Å². The van der Waals surface area contributed by atoms with E-state index in [1.54, 1.807) is 30.9 Å². The lowest BCUT2D eigenvalue weighted by Crippen LogP contribution is -2.30. The van der Waals surface area contributed by atoms with E-state index < -0.39 is 0 Å². The maximum Gasteiger partial charge on any atom is 0.260 e. The first-order valence-electron chi connectivity index (χ1n) is 9.66. The Morgan fingerprint density at radius 1 is 0.968 bits per heavy atom. The van der Waals surface area contributed by atoms with Gasteiger partial charge in [0.1, 0.15) is 21.7 Å². The van der Waals surface area contributed by atoms with Gasteiger partial charge in [0.15, 0.2) is 5.13 Å². The number of amides is 1. The van der Waals surface area contributed by atoms with E-state index in [1.807, 2.05) is 73.0 Å². The number of aromatic nitrogens is 1. The van der Waals surface area contributed by atoms with Crippen LogP contribution in [0.3, 0.4) is 0 Å². The van der Waals surface area contributed by atoms with Crippen molar-refractivity contribution >= 4 is 44.4 Å². The lowest BCUT2D eigenvalue weighted by Gasteiger charge is -2.20. The van der Waals surface area contributed by atoms with Gasteiger partial charge in [-0.1, -0.05) is 41.7 Å². The number of rotatable bonds is 7. The molecule has 0 aliphatic carbocycles. The number of thioether (sulfide) groups is 1. The zero-order chi connectivity index (χ0) is 21.8. The van der Waals surface area contributed by atoms with Crippen LogP contribution in [0.25, 0.3) is 10.2 Å². The van der Waals surface area contributed by atoms with Crippen LogP contribution in [0.15, 0.2) is 71.6 Å². The van der Waals surface area contributed by atoms with Crippen LogP contribution in [-0.2, 0) is 6.54 Å². The van der Waals surface area contributed by atoms with E-state index in [-0.39, 0.29) is 5.91 Å². The average molecular weight is 451 g/mol. The molecule has 7 heteroatoms. The van der Waals surface area contributed by atoms with E-state index in [4.69, 9.17) is 14.5 Å². The largest absolute Gasteiger partial charge is 0.495 e. The van der Waals surface area contributed by atoms with Gasteiger partial charge in [0.05, 0.1) is 20.8 Å². The number of benzene rings is 3. The quantitative estimate of drug-likeness (QED) is 0.329. The molecular weight excluding hydrogens is 428 g/mol. The Morgan fingerprint density at radius 3 is 2.29 bits per heavy atom. The van der Waals surface area contributed by atoms with Crippen LogP contribution in [0.1, 0.15) is 15.9 Å². The lowest BCUT2D eigenvalue weighted by molar-refractivity contribution is 0.0985. The SMILES string of the molecule is COc1ccc(OC)c2sc(N(Cc3ccccc3)C(=O)c3ccc(SC)cc3)nc12. The molecule has 1 aromatic heterocycles. The van der Waals surface area contributed by atoms with Crippen LogP contribution in [0.2, 0.25) is 0 Å². The summed E-state index contributed by atoms with van der Waals surface area (Å²) >= 11 is 3.07. The minimum atomic E-state index is -0.103. The number of thiazole rings is 1. The number of fused-ring (bicyclic) bond motifs is 1. The molecule has 0 saturated heterocycles. The maximum atomic E-state index is 13.6. The van der Waals surface area contributed by atoms with Gasteiger partial charge in [-0.2, -0.15) is 0 Å². The van der Waals surface area contributed by atoms with Crippen molar-refractivity contribution in [3.8, 4) is 11.5 Å². The molecule has 0 radical (unpaired) electrons. The predicted octanol–water partition coefficient (Wildman–Crippen LogP) is 5.88. The van der Waals surface area contributed by atoms with Crippen molar-refractivity contribution in [2.45, 2.75) is 11.4 Å². The molecule has 0 N–H and O–H groups in total. The molecule has 0 aliphatic rings. The van der Waals surface area contributed by atoms with Crippen molar-refractivity contribution in [2.75, 3.05) is 25.4 Å². The van der Waals surface area contributed by atoms with E-state index in [2.05, 4.69) is 0 Å². The molecule has 0 saturated carbocycles. The fourth-order valence-electron chi connectivity index (χ4n) is 3.27. The Hall–Kier alpha value is -3.03. The van der Waals surface area contributed by atoms with Crippen LogP contribution >= 0.6 is 23.1 Å². The zero-order valence-electron chi connectivity index (χ0n) is 17.5. The molecule has 5 nitrogen and oxygen atoms in total. The van der Waals surface area contributed by atoms with Gasteiger partial charge in [0, 0.05) is 10.5 Å². The molecule has 31 heavy (non-hydrogen) atoms. The number of anilines is 1. The summed E-state index contributed by atoms with van der Waals surface area (Å²) in [5.74, 6) is 1.25. The van der Waals surface area contributed by atoms with Gasteiger partial charge >= 0.3 is 0 Å².